The fraction of sp³-hybridized carbons (Fsp3) is 0.143. The van der Waals surface area contributed by atoms with Crippen molar-refractivity contribution in [2.45, 2.75) is 19.3 Å². The van der Waals surface area contributed by atoms with Crippen molar-refractivity contribution in [1.82, 2.24) is 9.97 Å². The third-order valence-electron chi connectivity index (χ3n) is 4.74. The van der Waals surface area contributed by atoms with Gasteiger partial charge in [0.25, 0.3) is 5.56 Å². The van der Waals surface area contributed by atoms with E-state index in [2.05, 4.69) is 25.9 Å². The SMILES string of the molecule is Cc1cccc(NC(=O)[C@@H]2CC(=O)Nc3nc(Nc4ccc(Cl)cc4Cl)[nH]c(=O)c32)c1. The molecule has 0 saturated carbocycles. The van der Waals surface area contributed by atoms with Crippen LogP contribution in [0.5, 0.6) is 0 Å². The zero-order chi connectivity index (χ0) is 22.1. The van der Waals surface area contributed by atoms with Gasteiger partial charge >= 0.3 is 0 Å². The summed E-state index contributed by atoms with van der Waals surface area (Å²) in [6.07, 6.45) is -0.162. The summed E-state index contributed by atoms with van der Waals surface area (Å²) in [7, 11) is 0. The fourth-order valence-corrected chi connectivity index (χ4v) is 3.78. The summed E-state index contributed by atoms with van der Waals surface area (Å²) < 4.78 is 0. The minimum atomic E-state index is -0.978. The molecule has 8 nitrogen and oxygen atoms in total. The fourth-order valence-electron chi connectivity index (χ4n) is 3.33. The van der Waals surface area contributed by atoms with E-state index in [1.807, 2.05) is 13.0 Å². The average Bonchev–Trinajstić information content (AvgIpc) is 2.69. The van der Waals surface area contributed by atoms with Crippen LogP contribution in [0.2, 0.25) is 10.0 Å². The molecule has 10 heteroatoms. The highest BCUT2D eigenvalue weighted by Crippen LogP contribution is 2.31. The van der Waals surface area contributed by atoms with Gasteiger partial charge in [0, 0.05) is 17.1 Å². The van der Waals surface area contributed by atoms with Crippen LogP contribution in [-0.4, -0.2) is 21.8 Å². The highest BCUT2D eigenvalue weighted by atomic mass is 35.5. The second-order valence-corrected chi connectivity index (χ2v) is 7.93. The van der Waals surface area contributed by atoms with Crippen molar-refractivity contribution in [3.05, 3.63) is 74.0 Å². The van der Waals surface area contributed by atoms with Crippen LogP contribution in [0.25, 0.3) is 0 Å². The molecule has 0 aliphatic carbocycles. The lowest BCUT2D eigenvalue weighted by Gasteiger charge is -2.23. The minimum Gasteiger partial charge on any atom is -0.326 e. The molecule has 1 aliphatic rings. The molecule has 1 atom stereocenters. The number of nitrogens with zero attached hydrogens (tertiary/aromatic N) is 1. The van der Waals surface area contributed by atoms with Gasteiger partial charge in [-0.3, -0.25) is 19.4 Å². The topological polar surface area (TPSA) is 116 Å². The van der Waals surface area contributed by atoms with Crippen LogP contribution in [0.15, 0.2) is 47.3 Å². The molecule has 0 saturated heterocycles. The van der Waals surface area contributed by atoms with Crippen molar-refractivity contribution >= 4 is 58.2 Å². The summed E-state index contributed by atoms with van der Waals surface area (Å²) >= 11 is 12.0. The Kier molecular flexibility index (Phi) is 5.67. The first kappa shape index (κ1) is 20.9. The molecule has 0 unspecified atom stereocenters. The van der Waals surface area contributed by atoms with Gasteiger partial charge in [-0.2, -0.15) is 4.98 Å². The number of fused-ring (bicyclic) bond motifs is 1. The van der Waals surface area contributed by atoms with E-state index in [-0.39, 0.29) is 23.8 Å². The molecule has 2 amide bonds. The van der Waals surface area contributed by atoms with E-state index in [4.69, 9.17) is 23.2 Å². The first-order valence-corrected chi connectivity index (χ1v) is 10.1. The van der Waals surface area contributed by atoms with Gasteiger partial charge in [-0.1, -0.05) is 35.3 Å². The average molecular weight is 458 g/mol. The van der Waals surface area contributed by atoms with Crippen LogP contribution in [0.4, 0.5) is 23.1 Å². The predicted molar refractivity (Wildman–Crippen MR) is 120 cm³/mol. The first-order valence-electron chi connectivity index (χ1n) is 9.34. The zero-order valence-corrected chi connectivity index (χ0v) is 17.8. The third kappa shape index (κ3) is 4.55. The van der Waals surface area contributed by atoms with E-state index in [1.165, 1.54) is 6.07 Å². The molecule has 31 heavy (non-hydrogen) atoms. The van der Waals surface area contributed by atoms with Crippen LogP contribution in [-0.2, 0) is 9.59 Å². The number of aryl methyl sites for hydroxylation is 1. The molecule has 4 N–H and O–H groups in total. The molecule has 3 aromatic rings. The van der Waals surface area contributed by atoms with Gasteiger partial charge < -0.3 is 16.0 Å². The Morgan fingerprint density at radius 2 is 1.97 bits per heavy atom. The summed E-state index contributed by atoms with van der Waals surface area (Å²) in [5.41, 5.74) is 1.57. The van der Waals surface area contributed by atoms with Crippen molar-refractivity contribution < 1.29 is 9.59 Å². The lowest BCUT2D eigenvalue weighted by Crippen LogP contribution is -2.36. The lowest BCUT2D eigenvalue weighted by molar-refractivity contribution is -0.123. The summed E-state index contributed by atoms with van der Waals surface area (Å²) in [5.74, 6) is -1.76. The third-order valence-corrected chi connectivity index (χ3v) is 5.29. The van der Waals surface area contributed by atoms with Gasteiger partial charge in [0.2, 0.25) is 17.8 Å². The standard InChI is InChI=1S/C21H17Cl2N5O3/c1-10-3-2-4-12(7-10)24-19(30)13-9-16(29)26-18-17(13)20(31)28-21(27-18)25-15-6-5-11(22)8-14(15)23/h2-8,13H,9H2,1H3,(H,24,30)(H3,25,26,27,28,29,31)/t13-/m1/s1. The van der Waals surface area contributed by atoms with Crippen LogP contribution in [0, 0.1) is 6.92 Å². The number of H-pyrrole nitrogens is 1. The number of aromatic nitrogens is 2. The smallest absolute Gasteiger partial charge is 0.258 e. The van der Waals surface area contributed by atoms with Crippen LogP contribution >= 0.6 is 23.2 Å². The Hall–Kier alpha value is -3.36. The molecule has 0 bridgehead atoms. The van der Waals surface area contributed by atoms with Crippen molar-refractivity contribution in [2.24, 2.45) is 0 Å². The minimum absolute atomic E-state index is 0.0250. The van der Waals surface area contributed by atoms with E-state index in [0.29, 0.717) is 21.4 Å². The first-order chi connectivity index (χ1) is 14.8. The molecular weight excluding hydrogens is 441 g/mol. The molecular formula is C21H17Cl2N5O3. The van der Waals surface area contributed by atoms with E-state index < -0.39 is 23.3 Å². The molecule has 2 aromatic carbocycles. The van der Waals surface area contributed by atoms with Gasteiger partial charge in [0.15, 0.2) is 0 Å². The maximum Gasteiger partial charge on any atom is 0.258 e. The molecule has 158 valence electrons. The molecule has 0 spiro atoms. The Bertz CT molecular complexity index is 1260. The second-order valence-electron chi connectivity index (χ2n) is 7.09. The summed E-state index contributed by atoms with van der Waals surface area (Å²) in [5, 5.41) is 9.00. The number of hydrogen-bond acceptors (Lipinski definition) is 5. The number of benzene rings is 2. The highest BCUT2D eigenvalue weighted by Gasteiger charge is 2.34. The molecule has 1 aliphatic heterocycles. The number of rotatable bonds is 4. The van der Waals surface area contributed by atoms with E-state index in [0.717, 1.165) is 5.56 Å². The number of hydrogen-bond donors (Lipinski definition) is 4. The second kappa shape index (κ2) is 8.41. The predicted octanol–water partition coefficient (Wildman–Crippen LogP) is 4.19. The molecule has 2 heterocycles. The Balaban J connectivity index is 1.65. The monoisotopic (exact) mass is 457 g/mol. The van der Waals surface area contributed by atoms with Crippen LogP contribution < -0.4 is 21.5 Å². The van der Waals surface area contributed by atoms with Crippen LogP contribution in [0.3, 0.4) is 0 Å². The number of halogens is 2. The molecule has 1 aromatic heterocycles. The number of carbonyl (C=O) groups is 2. The number of aromatic amines is 1. The largest absolute Gasteiger partial charge is 0.326 e. The van der Waals surface area contributed by atoms with Crippen LogP contribution in [0.1, 0.15) is 23.5 Å². The maximum absolute atomic E-state index is 12.9. The molecule has 0 radical (unpaired) electrons. The maximum atomic E-state index is 12.9. The van der Waals surface area contributed by atoms with E-state index >= 15 is 0 Å². The van der Waals surface area contributed by atoms with Gasteiger partial charge in [0.05, 0.1) is 22.2 Å². The Labute approximate surface area is 187 Å². The summed E-state index contributed by atoms with van der Waals surface area (Å²) in [6, 6.07) is 12.0. The van der Waals surface area contributed by atoms with Crippen molar-refractivity contribution in [1.29, 1.82) is 0 Å². The Morgan fingerprint density at radius 1 is 1.16 bits per heavy atom. The molecule has 4 rings (SSSR count). The van der Waals surface area contributed by atoms with Gasteiger partial charge in [0.1, 0.15) is 5.82 Å². The number of carbonyl (C=O) groups excluding carboxylic acids is 2. The van der Waals surface area contributed by atoms with Gasteiger partial charge in [-0.25, -0.2) is 0 Å². The number of anilines is 4. The lowest BCUT2D eigenvalue weighted by atomic mass is 9.92. The number of amides is 2. The highest BCUT2D eigenvalue weighted by molar-refractivity contribution is 6.36. The zero-order valence-electron chi connectivity index (χ0n) is 16.3. The van der Waals surface area contributed by atoms with Gasteiger partial charge in [-0.15, -0.1) is 0 Å². The van der Waals surface area contributed by atoms with E-state index in [1.54, 1.807) is 30.3 Å². The Morgan fingerprint density at radius 3 is 2.71 bits per heavy atom. The molecule has 0 fully saturated rings. The quantitative estimate of drug-likeness (QED) is 0.468. The van der Waals surface area contributed by atoms with E-state index in [9.17, 15) is 14.4 Å². The number of nitrogens with one attached hydrogen (secondary N) is 4. The van der Waals surface area contributed by atoms with Crippen molar-refractivity contribution in [2.75, 3.05) is 16.0 Å². The van der Waals surface area contributed by atoms with Crippen molar-refractivity contribution in [3.63, 3.8) is 0 Å². The summed E-state index contributed by atoms with van der Waals surface area (Å²) in [6.45, 7) is 1.90. The summed E-state index contributed by atoms with van der Waals surface area (Å²) in [4.78, 5) is 44.8. The normalized spacial score (nSPS) is 15.1. The van der Waals surface area contributed by atoms with Crippen molar-refractivity contribution in [3.8, 4) is 0 Å². The van der Waals surface area contributed by atoms with Gasteiger partial charge in [-0.05, 0) is 42.8 Å².